The molecule has 1 rings (SSSR count). The van der Waals surface area contributed by atoms with Crippen LogP contribution in [0.3, 0.4) is 0 Å². The Kier molecular flexibility index (Phi) is 6.67. The number of nitrogens with two attached hydrogens (primary N) is 1. The lowest BCUT2D eigenvalue weighted by molar-refractivity contribution is -0.138. The third kappa shape index (κ3) is 4.90. The highest BCUT2D eigenvalue weighted by Gasteiger charge is 2.36. The molecule has 116 valence electrons. The molecule has 1 saturated heterocycles. The molecule has 0 spiro atoms. The van der Waals surface area contributed by atoms with E-state index in [1.54, 1.807) is 0 Å². The number of nitrogens with one attached hydrogen (secondary N) is 1. The minimum atomic E-state index is -3.11. The molecule has 0 aromatic carbocycles. The number of halogens is 2. The zero-order chi connectivity index (χ0) is 15.2. The van der Waals surface area contributed by atoms with E-state index >= 15 is 0 Å². The maximum Gasteiger partial charge on any atom is 0.277 e. The Balaban J connectivity index is 2.51. The Morgan fingerprint density at radius 2 is 2.20 bits per heavy atom. The zero-order valence-corrected chi connectivity index (χ0v) is 12.3. The van der Waals surface area contributed by atoms with Gasteiger partial charge >= 0.3 is 0 Å². The second-order valence-corrected chi connectivity index (χ2v) is 5.76. The van der Waals surface area contributed by atoms with Crippen LogP contribution in [0.15, 0.2) is 0 Å². The zero-order valence-electron chi connectivity index (χ0n) is 11.5. The van der Waals surface area contributed by atoms with Gasteiger partial charge in [-0.05, 0) is 6.42 Å². The third-order valence-corrected chi connectivity index (χ3v) is 4.08. The Bertz CT molecular complexity index is 356. The second-order valence-electron chi connectivity index (χ2n) is 4.76. The summed E-state index contributed by atoms with van der Waals surface area (Å²) in [7, 11) is 0. The van der Waals surface area contributed by atoms with E-state index in [4.69, 9.17) is 5.73 Å². The molecule has 2 amide bonds. The molecule has 1 atom stereocenters. The first-order chi connectivity index (χ1) is 9.41. The SMILES string of the molecule is CCCCC(=O)N1CSCC1C(=O)NCC(F)(F)CN. The van der Waals surface area contributed by atoms with Crippen LogP contribution in [0.2, 0.25) is 0 Å². The minimum absolute atomic E-state index is 0.0948. The van der Waals surface area contributed by atoms with E-state index in [-0.39, 0.29) is 5.91 Å². The van der Waals surface area contributed by atoms with Crippen LogP contribution in [0.25, 0.3) is 0 Å². The van der Waals surface area contributed by atoms with E-state index in [0.717, 1.165) is 12.8 Å². The Morgan fingerprint density at radius 3 is 2.80 bits per heavy atom. The van der Waals surface area contributed by atoms with Gasteiger partial charge in [-0.3, -0.25) is 9.59 Å². The van der Waals surface area contributed by atoms with Crippen molar-refractivity contribution in [2.75, 3.05) is 24.7 Å². The molecule has 3 N–H and O–H groups in total. The van der Waals surface area contributed by atoms with E-state index in [9.17, 15) is 18.4 Å². The smallest absolute Gasteiger partial charge is 0.277 e. The first kappa shape index (κ1) is 17.2. The molecule has 5 nitrogen and oxygen atoms in total. The standard InChI is InChI=1S/C12H21F2N3O2S/c1-2-3-4-10(18)17-8-20-5-9(17)11(19)16-7-12(13,14)6-15/h9H,2-8,15H2,1H3,(H,16,19). The summed E-state index contributed by atoms with van der Waals surface area (Å²) < 4.78 is 26.0. The normalized spacial score (nSPS) is 19.2. The van der Waals surface area contributed by atoms with Crippen molar-refractivity contribution in [3.63, 3.8) is 0 Å². The van der Waals surface area contributed by atoms with Crippen LogP contribution in [-0.2, 0) is 9.59 Å². The number of unbranched alkanes of at least 4 members (excludes halogenated alkanes) is 1. The molecule has 0 aromatic rings. The molecular weight excluding hydrogens is 288 g/mol. The summed E-state index contributed by atoms with van der Waals surface area (Å²) in [5, 5.41) is 2.18. The molecule has 20 heavy (non-hydrogen) atoms. The van der Waals surface area contributed by atoms with E-state index in [2.05, 4.69) is 5.32 Å². The number of alkyl halides is 2. The highest BCUT2D eigenvalue weighted by Crippen LogP contribution is 2.22. The molecule has 0 saturated carbocycles. The number of hydrogen-bond donors (Lipinski definition) is 2. The van der Waals surface area contributed by atoms with Crippen molar-refractivity contribution in [1.29, 1.82) is 0 Å². The molecule has 1 aliphatic rings. The van der Waals surface area contributed by atoms with Crippen molar-refractivity contribution in [1.82, 2.24) is 10.2 Å². The van der Waals surface area contributed by atoms with Crippen LogP contribution in [0.4, 0.5) is 8.78 Å². The molecule has 8 heteroatoms. The van der Waals surface area contributed by atoms with Gasteiger partial charge in [0.05, 0.1) is 19.0 Å². The Hall–Kier alpha value is -0.890. The molecule has 1 unspecified atom stereocenters. The number of hydrogen-bond acceptors (Lipinski definition) is 4. The van der Waals surface area contributed by atoms with Crippen LogP contribution in [0.5, 0.6) is 0 Å². The molecule has 0 aromatic heterocycles. The molecule has 0 radical (unpaired) electrons. The Morgan fingerprint density at radius 1 is 1.50 bits per heavy atom. The highest BCUT2D eigenvalue weighted by molar-refractivity contribution is 7.99. The summed E-state index contributed by atoms with van der Waals surface area (Å²) >= 11 is 1.45. The lowest BCUT2D eigenvalue weighted by Gasteiger charge is -2.24. The fourth-order valence-electron chi connectivity index (χ4n) is 1.78. The number of carbonyl (C=O) groups is 2. The average Bonchev–Trinajstić information content (AvgIpc) is 2.91. The molecular formula is C12H21F2N3O2S. The van der Waals surface area contributed by atoms with E-state index in [0.29, 0.717) is 18.1 Å². The van der Waals surface area contributed by atoms with Crippen LogP contribution in [0.1, 0.15) is 26.2 Å². The minimum Gasteiger partial charge on any atom is -0.348 e. The van der Waals surface area contributed by atoms with Gasteiger partial charge in [-0.15, -0.1) is 11.8 Å². The van der Waals surface area contributed by atoms with Gasteiger partial charge in [0.15, 0.2) is 0 Å². The lowest BCUT2D eigenvalue weighted by Crippen LogP contribution is -2.50. The maximum absolute atomic E-state index is 13.0. The van der Waals surface area contributed by atoms with E-state index < -0.39 is 31.0 Å². The van der Waals surface area contributed by atoms with Crippen molar-refractivity contribution in [3.8, 4) is 0 Å². The van der Waals surface area contributed by atoms with Gasteiger partial charge < -0.3 is 16.0 Å². The van der Waals surface area contributed by atoms with Crippen LogP contribution in [0, 0.1) is 0 Å². The van der Waals surface area contributed by atoms with Crippen LogP contribution < -0.4 is 11.1 Å². The van der Waals surface area contributed by atoms with Gasteiger partial charge in [0.25, 0.3) is 5.92 Å². The van der Waals surface area contributed by atoms with Gasteiger partial charge in [-0.25, -0.2) is 8.78 Å². The average molecular weight is 309 g/mol. The van der Waals surface area contributed by atoms with Gasteiger partial charge in [0.1, 0.15) is 6.04 Å². The predicted molar refractivity (Wildman–Crippen MR) is 74.5 cm³/mol. The summed E-state index contributed by atoms with van der Waals surface area (Å²) in [6.07, 6.45) is 2.05. The first-order valence-electron chi connectivity index (χ1n) is 6.64. The number of carbonyl (C=O) groups excluding carboxylic acids is 2. The molecule has 1 aliphatic heterocycles. The lowest BCUT2D eigenvalue weighted by atomic mass is 10.2. The van der Waals surface area contributed by atoms with Crippen molar-refractivity contribution in [3.05, 3.63) is 0 Å². The summed E-state index contributed by atoms with van der Waals surface area (Å²) in [6, 6.07) is -0.655. The third-order valence-electron chi connectivity index (χ3n) is 3.07. The molecule has 1 heterocycles. The van der Waals surface area contributed by atoms with Gasteiger partial charge in [-0.1, -0.05) is 13.3 Å². The molecule has 0 aliphatic carbocycles. The summed E-state index contributed by atoms with van der Waals surface area (Å²) in [4.78, 5) is 25.3. The number of thioether (sulfide) groups is 1. The van der Waals surface area contributed by atoms with Gasteiger partial charge in [0.2, 0.25) is 11.8 Å². The second kappa shape index (κ2) is 7.78. The number of nitrogens with zero attached hydrogens (tertiary/aromatic N) is 1. The van der Waals surface area contributed by atoms with Crippen molar-refractivity contribution in [2.45, 2.75) is 38.2 Å². The van der Waals surface area contributed by atoms with Crippen LogP contribution >= 0.6 is 11.8 Å². The quantitative estimate of drug-likeness (QED) is 0.729. The maximum atomic E-state index is 13.0. The van der Waals surface area contributed by atoms with Crippen molar-refractivity contribution < 1.29 is 18.4 Å². The number of amides is 2. The van der Waals surface area contributed by atoms with Gasteiger partial charge in [0, 0.05) is 12.2 Å². The molecule has 0 bridgehead atoms. The Labute approximate surface area is 121 Å². The predicted octanol–water partition coefficient (Wildman–Crippen LogP) is 0.788. The van der Waals surface area contributed by atoms with Crippen LogP contribution in [-0.4, -0.2) is 53.4 Å². The first-order valence-corrected chi connectivity index (χ1v) is 7.79. The van der Waals surface area contributed by atoms with E-state index in [1.807, 2.05) is 6.92 Å². The van der Waals surface area contributed by atoms with Gasteiger partial charge in [-0.2, -0.15) is 0 Å². The highest BCUT2D eigenvalue weighted by atomic mass is 32.2. The molecule has 1 fully saturated rings. The topological polar surface area (TPSA) is 75.4 Å². The fourth-order valence-corrected chi connectivity index (χ4v) is 2.96. The number of rotatable bonds is 7. The largest absolute Gasteiger partial charge is 0.348 e. The monoisotopic (exact) mass is 309 g/mol. The van der Waals surface area contributed by atoms with Crippen molar-refractivity contribution in [2.24, 2.45) is 5.73 Å². The van der Waals surface area contributed by atoms with E-state index in [1.165, 1.54) is 16.7 Å². The summed E-state index contributed by atoms with van der Waals surface area (Å²) in [5.41, 5.74) is 4.91. The fraction of sp³-hybridized carbons (Fsp3) is 0.833. The summed E-state index contributed by atoms with van der Waals surface area (Å²) in [6.45, 7) is 0.372. The summed E-state index contributed by atoms with van der Waals surface area (Å²) in [5.74, 6) is -2.86. The van der Waals surface area contributed by atoms with Crippen molar-refractivity contribution >= 4 is 23.6 Å².